The fourth-order valence-electron chi connectivity index (χ4n) is 1.47. The molecule has 0 aromatic heterocycles. The van der Waals surface area contributed by atoms with Gasteiger partial charge in [-0.15, -0.1) is 0 Å². The van der Waals surface area contributed by atoms with Crippen LogP contribution in [0.2, 0.25) is 0 Å². The normalized spacial score (nSPS) is 16.1. The lowest BCUT2D eigenvalue weighted by atomic mass is 10.2. The van der Waals surface area contributed by atoms with Crippen molar-refractivity contribution in [3.63, 3.8) is 0 Å². The summed E-state index contributed by atoms with van der Waals surface area (Å²) >= 11 is 0. The Hall–Kier alpha value is -0.980. The lowest BCUT2D eigenvalue weighted by Gasteiger charge is -2.07. The molecule has 17 heavy (non-hydrogen) atoms. The van der Waals surface area contributed by atoms with Crippen molar-refractivity contribution in [2.24, 2.45) is 5.92 Å². The molecule has 1 aromatic carbocycles. The maximum absolute atomic E-state index is 13.1. The molecule has 2 rings (SSSR count). The highest BCUT2D eigenvalue weighted by molar-refractivity contribution is 7.89. The quantitative estimate of drug-likeness (QED) is 0.829. The van der Waals surface area contributed by atoms with Crippen LogP contribution in [0.4, 0.5) is 4.39 Å². The molecule has 2 N–H and O–H groups in total. The van der Waals surface area contributed by atoms with Crippen LogP contribution in [0.5, 0.6) is 0 Å². The van der Waals surface area contributed by atoms with E-state index >= 15 is 0 Å². The number of aliphatic hydroxyl groups is 1. The zero-order valence-corrected chi connectivity index (χ0v) is 10.0. The van der Waals surface area contributed by atoms with E-state index in [1.165, 1.54) is 6.07 Å². The molecule has 1 aromatic rings. The minimum absolute atomic E-state index is 0.0106. The fourth-order valence-corrected chi connectivity index (χ4v) is 2.64. The van der Waals surface area contributed by atoms with E-state index in [0.29, 0.717) is 12.5 Å². The number of aliphatic hydroxyl groups excluding tert-OH is 1. The third-order valence-corrected chi connectivity index (χ3v) is 4.18. The Kier molecular flexibility index (Phi) is 3.46. The minimum atomic E-state index is -3.59. The predicted octanol–water partition coefficient (Wildman–Crippen LogP) is 1.01. The third-order valence-electron chi connectivity index (χ3n) is 2.76. The van der Waals surface area contributed by atoms with Gasteiger partial charge in [-0.05, 0) is 37.0 Å². The van der Waals surface area contributed by atoms with E-state index in [2.05, 4.69) is 4.72 Å². The number of hydrogen-bond donors (Lipinski definition) is 2. The van der Waals surface area contributed by atoms with Crippen molar-refractivity contribution in [3.05, 3.63) is 29.6 Å². The molecule has 0 unspecified atom stereocenters. The predicted molar refractivity (Wildman–Crippen MR) is 60.2 cm³/mol. The smallest absolute Gasteiger partial charge is 0.240 e. The van der Waals surface area contributed by atoms with Gasteiger partial charge in [0, 0.05) is 12.1 Å². The van der Waals surface area contributed by atoms with Crippen molar-refractivity contribution in [2.45, 2.75) is 24.3 Å². The molecule has 0 bridgehead atoms. The molecule has 4 nitrogen and oxygen atoms in total. The first kappa shape index (κ1) is 12.5. The van der Waals surface area contributed by atoms with Gasteiger partial charge in [0.25, 0.3) is 0 Å². The number of rotatable bonds is 5. The summed E-state index contributed by atoms with van der Waals surface area (Å²) in [7, 11) is -3.59. The molecule has 1 aliphatic carbocycles. The summed E-state index contributed by atoms with van der Waals surface area (Å²) < 4.78 is 39.2. The number of nitrogens with one attached hydrogen (secondary N) is 1. The van der Waals surface area contributed by atoms with Gasteiger partial charge in [-0.1, -0.05) is 0 Å². The molecule has 0 heterocycles. The summed E-state index contributed by atoms with van der Waals surface area (Å²) in [4.78, 5) is -0.0106. The van der Waals surface area contributed by atoms with Crippen LogP contribution in [0.15, 0.2) is 23.1 Å². The van der Waals surface area contributed by atoms with Gasteiger partial charge in [0.15, 0.2) is 0 Å². The van der Waals surface area contributed by atoms with Gasteiger partial charge >= 0.3 is 0 Å². The molecule has 1 aliphatic rings. The molecule has 0 aliphatic heterocycles. The maximum atomic E-state index is 13.1. The van der Waals surface area contributed by atoms with Crippen molar-refractivity contribution in [2.75, 3.05) is 6.54 Å². The molecule has 1 saturated carbocycles. The molecular weight excluding hydrogens is 245 g/mol. The summed E-state index contributed by atoms with van der Waals surface area (Å²) in [5, 5.41) is 8.88. The highest BCUT2D eigenvalue weighted by Gasteiger charge is 2.24. The standard InChI is InChI=1S/C11H14FNO3S/c12-11-4-3-10(5-9(11)7-14)17(15,16)13-6-8-1-2-8/h3-5,8,13-14H,1-2,6-7H2. The Balaban J connectivity index is 2.19. The second kappa shape index (κ2) is 4.72. The minimum Gasteiger partial charge on any atom is -0.392 e. The largest absolute Gasteiger partial charge is 0.392 e. The zero-order valence-electron chi connectivity index (χ0n) is 9.19. The van der Waals surface area contributed by atoms with E-state index in [1.807, 2.05) is 0 Å². The molecule has 6 heteroatoms. The van der Waals surface area contributed by atoms with Crippen LogP contribution in [0, 0.1) is 11.7 Å². The molecule has 0 spiro atoms. The average Bonchev–Trinajstić information content (AvgIpc) is 3.10. The second-order valence-corrected chi connectivity index (χ2v) is 5.97. The number of halogens is 1. The Morgan fingerprint density at radius 3 is 2.71 bits per heavy atom. The van der Waals surface area contributed by atoms with E-state index in [1.54, 1.807) is 0 Å². The highest BCUT2D eigenvalue weighted by atomic mass is 32.2. The highest BCUT2D eigenvalue weighted by Crippen LogP contribution is 2.28. The lowest BCUT2D eigenvalue weighted by molar-refractivity contribution is 0.275. The van der Waals surface area contributed by atoms with Crippen LogP contribution in [-0.2, 0) is 16.6 Å². The first-order chi connectivity index (χ1) is 8.03. The third kappa shape index (κ3) is 3.02. The zero-order chi connectivity index (χ0) is 12.5. The Bertz CT molecular complexity index is 511. The molecular formula is C11H14FNO3S. The van der Waals surface area contributed by atoms with Crippen molar-refractivity contribution >= 4 is 10.0 Å². The van der Waals surface area contributed by atoms with Gasteiger partial charge in [0.05, 0.1) is 11.5 Å². The number of hydrogen-bond acceptors (Lipinski definition) is 3. The summed E-state index contributed by atoms with van der Waals surface area (Å²) in [5.74, 6) is -0.170. The fraction of sp³-hybridized carbons (Fsp3) is 0.455. The molecule has 94 valence electrons. The van der Waals surface area contributed by atoms with Crippen LogP contribution in [0.3, 0.4) is 0 Å². The molecule has 0 saturated heterocycles. The summed E-state index contributed by atoms with van der Waals surface area (Å²) in [6.07, 6.45) is 2.10. The maximum Gasteiger partial charge on any atom is 0.240 e. The monoisotopic (exact) mass is 259 g/mol. The van der Waals surface area contributed by atoms with Crippen molar-refractivity contribution in [1.29, 1.82) is 0 Å². The number of sulfonamides is 1. The van der Waals surface area contributed by atoms with Crippen LogP contribution in [0.1, 0.15) is 18.4 Å². The first-order valence-electron chi connectivity index (χ1n) is 5.42. The van der Waals surface area contributed by atoms with Crippen molar-refractivity contribution in [1.82, 2.24) is 4.72 Å². The van der Waals surface area contributed by atoms with Gasteiger partial charge in [-0.2, -0.15) is 0 Å². The van der Waals surface area contributed by atoms with E-state index in [4.69, 9.17) is 5.11 Å². The molecule has 0 atom stereocenters. The average molecular weight is 259 g/mol. The second-order valence-electron chi connectivity index (χ2n) is 4.21. The summed E-state index contributed by atoms with van der Waals surface area (Å²) in [5.41, 5.74) is -0.0145. The van der Waals surface area contributed by atoms with E-state index < -0.39 is 22.4 Å². The van der Waals surface area contributed by atoms with Crippen LogP contribution < -0.4 is 4.72 Å². The van der Waals surface area contributed by atoms with Crippen LogP contribution >= 0.6 is 0 Å². The van der Waals surface area contributed by atoms with Gasteiger partial charge in [-0.3, -0.25) is 0 Å². The first-order valence-corrected chi connectivity index (χ1v) is 6.90. The van der Waals surface area contributed by atoms with Gasteiger partial charge in [0.2, 0.25) is 10.0 Å². The molecule has 0 radical (unpaired) electrons. The van der Waals surface area contributed by atoms with Crippen molar-refractivity contribution in [3.8, 4) is 0 Å². The van der Waals surface area contributed by atoms with Crippen molar-refractivity contribution < 1.29 is 17.9 Å². The molecule has 1 fully saturated rings. The Labute approximate surface area is 99.5 Å². The van der Waals surface area contributed by atoms with Gasteiger partial charge < -0.3 is 5.11 Å². The lowest BCUT2D eigenvalue weighted by Crippen LogP contribution is -2.26. The number of benzene rings is 1. The van der Waals surface area contributed by atoms with Gasteiger partial charge in [-0.25, -0.2) is 17.5 Å². The van der Waals surface area contributed by atoms with Gasteiger partial charge in [0.1, 0.15) is 5.82 Å². The summed E-state index contributed by atoms with van der Waals surface area (Å²) in [6, 6.07) is 3.41. The Morgan fingerprint density at radius 1 is 1.41 bits per heavy atom. The summed E-state index contributed by atoms with van der Waals surface area (Å²) in [6.45, 7) is -0.0913. The van der Waals surface area contributed by atoms with Crippen LogP contribution in [0.25, 0.3) is 0 Å². The SMILES string of the molecule is O=S(=O)(NCC1CC1)c1ccc(F)c(CO)c1. The topological polar surface area (TPSA) is 66.4 Å². The van der Waals surface area contributed by atoms with E-state index in [9.17, 15) is 12.8 Å². The van der Waals surface area contributed by atoms with E-state index in [0.717, 1.165) is 25.0 Å². The Morgan fingerprint density at radius 2 is 2.12 bits per heavy atom. The molecule has 0 amide bonds. The van der Waals surface area contributed by atoms with Crippen LogP contribution in [-0.4, -0.2) is 20.1 Å². The van der Waals surface area contributed by atoms with E-state index in [-0.39, 0.29) is 10.5 Å².